The van der Waals surface area contributed by atoms with Crippen LogP contribution in [0, 0.1) is 11.8 Å². The Kier molecular flexibility index (Phi) is 4.87. The highest BCUT2D eigenvalue weighted by Gasteiger charge is 2.29. The monoisotopic (exact) mass is 345 g/mol. The van der Waals surface area contributed by atoms with Gasteiger partial charge in [0, 0.05) is 29.1 Å². The van der Waals surface area contributed by atoms with Crippen molar-refractivity contribution in [1.82, 2.24) is 4.90 Å². The molecule has 104 valence electrons. The highest BCUT2D eigenvalue weighted by Crippen LogP contribution is 2.26. The van der Waals surface area contributed by atoms with Crippen molar-refractivity contribution in [3.8, 4) is 0 Å². The fourth-order valence-electron chi connectivity index (χ4n) is 2.66. The number of likely N-dealkylation sites (tertiary alicyclic amines) is 1. The SMILES string of the molecule is CC1CC(C(=O)O)CN(Cc2ccc(Br)cc2Cl)C1. The van der Waals surface area contributed by atoms with E-state index < -0.39 is 5.97 Å². The van der Waals surface area contributed by atoms with Crippen LogP contribution >= 0.6 is 27.5 Å². The van der Waals surface area contributed by atoms with E-state index in [4.69, 9.17) is 11.6 Å². The van der Waals surface area contributed by atoms with Crippen molar-refractivity contribution in [2.75, 3.05) is 13.1 Å². The van der Waals surface area contributed by atoms with Gasteiger partial charge in [-0.25, -0.2) is 0 Å². The van der Waals surface area contributed by atoms with Crippen LogP contribution < -0.4 is 0 Å². The van der Waals surface area contributed by atoms with Crippen LogP contribution in [-0.2, 0) is 11.3 Å². The number of aliphatic carboxylic acids is 1. The van der Waals surface area contributed by atoms with E-state index in [0.29, 0.717) is 19.0 Å². The van der Waals surface area contributed by atoms with Crippen molar-refractivity contribution in [3.05, 3.63) is 33.3 Å². The van der Waals surface area contributed by atoms with Gasteiger partial charge in [0.25, 0.3) is 0 Å². The van der Waals surface area contributed by atoms with E-state index in [-0.39, 0.29) is 5.92 Å². The molecule has 1 N–H and O–H groups in total. The Morgan fingerprint density at radius 1 is 1.53 bits per heavy atom. The Balaban J connectivity index is 2.07. The summed E-state index contributed by atoms with van der Waals surface area (Å²) in [6.07, 6.45) is 0.764. The summed E-state index contributed by atoms with van der Waals surface area (Å²) >= 11 is 9.59. The van der Waals surface area contributed by atoms with E-state index >= 15 is 0 Å². The fourth-order valence-corrected chi connectivity index (χ4v) is 3.39. The van der Waals surface area contributed by atoms with Crippen LogP contribution in [0.4, 0.5) is 0 Å². The molecule has 1 heterocycles. The summed E-state index contributed by atoms with van der Waals surface area (Å²) in [5, 5.41) is 9.89. The molecule has 2 atom stereocenters. The molecular weight excluding hydrogens is 330 g/mol. The molecule has 0 bridgehead atoms. The molecule has 1 saturated heterocycles. The number of carbonyl (C=O) groups is 1. The van der Waals surface area contributed by atoms with Gasteiger partial charge in [0.2, 0.25) is 0 Å². The van der Waals surface area contributed by atoms with E-state index in [1.807, 2.05) is 18.2 Å². The average Bonchev–Trinajstić information content (AvgIpc) is 2.32. The predicted octanol–water partition coefficient (Wildman–Crippen LogP) is 3.65. The Morgan fingerprint density at radius 3 is 2.89 bits per heavy atom. The van der Waals surface area contributed by atoms with Crippen LogP contribution in [0.15, 0.2) is 22.7 Å². The lowest BCUT2D eigenvalue weighted by molar-refractivity contribution is -0.144. The third kappa shape index (κ3) is 3.94. The van der Waals surface area contributed by atoms with Gasteiger partial charge >= 0.3 is 5.97 Å². The minimum atomic E-state index is -0.696. The lowest BCUT2D eigenvalue weighted by Crippen LogP contribution is -2.42. The molecule has 2 unspecified atom stereocenters. The van der Waals surface area contributed by atoms with Gasteiger partial charge in [-0.2, -0.15) is 0 Å². The Hall–Kier alpha value is -0.580. The van der Waals surface area contributed by atoms with Crippen LogP contribution in [0.2, 0.25) is 5.02 Å². The third-order valence-corrected chi connectivity index (χ3v) is 4.34. The average molecular weight is 347 g/mol. The second kappa shape index (κ2) is 6.25. The van der Waals surface area contributed by atoms with E-state index in [2.05, 4.69) is 27.8 Å². The number of nitrogens with zero attached hydrogens (tertiary/aromatic N) is 1. The molecule has 19 heavy (non-hydrogen) atoms. The van der Waals surface area contributed by atoms with Crippen LogP contribution in [0.3, 0.4) is 0 Å². The molecule has 0 amide bonds. The number of hydrogen-bond acceptors (Lipinski definition) is 2. The molecule has 1 aliphatic rings. The van der Waals surface area contributed by atoms with Gasteiger partial charge in [-0.3, -0.25) is 9.69 Å². The van der Waals surface area contributed by atoms with E-state index in [9.17, 15) is 9.90 Å². The molecule has 0 aromatic heterocycles. The summed E-state index contributed by atoms with van der Waals surface area (Å²) in [5.74, 6) is -0.555. The van der Waals surface area contributed by atoms with Crippen molar-refractivity contribution in [2.24, 2.45) is 11.8 Å². The van der Waals surface area contributed by atoms with E-state index in [1.54, 1.807) is 0 Å². The largest absolute Gasteiger partial charge is 0.481 e. The van der Waals surface area contributed by atoms with Crippen molar-refractivity contribution in [3.63, 3.8) is 0 Å². The highest BCUT2D eigenvalue weighted by atomic mass is 79.9. The first-order valence-electron chi connectivity index (χ1n) is 6.34. The highest BCUT2D eigenvalue weighted by molar-refractivity contribution is 9.10. The smallest absolute Gasteiger partial charge is 0.307 e. The second-order valence-electron chi connectivity index (χ2n) is 5.31. The fraction of sp³-hybridized carbons (Fsp3) is 0.500. The summed E-state index contributed by atoms with van der Waals surface area (Å²) < 4.78 is 0.955. The van der Waals surface area contributed by atoms with E-state index in [1.165, 1.54) is 0 Å². The molecular formula is C14H17BrClNO2. The summed E-state index contributed by atoms with van der Waals surface area (Å²) in [6.45, 7) is 4.34. The van der Waals surface area contributed by atoms with Gasteiger partial charge in [-0.1, -0.05) is 40.5 Å². The first kappa shape index (κ1) is 14.8. The van der Waals surface area contributed by atoms with Crippen molar-refractivity contribution < 1.29 is 9.90 Å². The van der Waals surface area contributed by atoms with Crippen molar-refractivity contribution >= 4 is 33.5 Å². The minimum absolute atomic E-state index is 0.266. The quantitative estimate of drug-likeness (QED) is 0.908. The Bertz CT molecular complexity index is 481. The molecule has 1 aromatic rings. The van der Waals surface area contributed by atoms with Crippen LogP contribution in [0.25, 0.3) is 0 Å². The first-order valence-corrected chi connectivity index (χ1v) is 7.52. The zero-order valence-corrected chi connectivity index (χ0v) is 13.1. The topological polar surface area (TPSA) is 40.5 Å². The molecule has 0 saturated carbocycles. The van der Waals surface area contributed by atoms with Crippen molar-refractivity contribution in [2.45, 2.75) is 19.9 Å². The number of rotatable bonds is 3. The van der Waals surface area contributed by atoms with Crippen LogP contribution in [0.1, 0.15) is 18.9 Å². The first-order chi connectivity index (χ1) is 8.95. The zero-order valence-electron chi connectivity index (χ0n) is 10.8. The number of carboxylic acid groups (broad SMARTS) is 1. The van der Waals surface area contributed by atoms with Gasteiger partial charge in [-0.05, 0) is 30.0 Å². The molecule has 1 fully saturated rings. The maximum absolute atomic E-state index is 11.2. The summed E-state index contributed by atoms with van der Waals surface area (Å²) in [4.78, 5) is 13.3. The summed E-state index contributed by atoms with van der Waals surface area (Å²) in [6, 6.07) is 5.82. The zero-order chi connectivity index (χ0) is 14.0. The van der Waals surface area contributed by atoms with Gasteiger partial charge in [0.05, 0.1) is 5.92 Å². The van der Waals surface area contributed by atoms with Crippen molar-refractivity contribution in [1.29, 1.82) is 0 Å². The number of carboxylic acids is 1. The molecule has 5 heteroatoms. The molecule has 3 nitrogen and oxygen atoms in total. The Labute approximate surface area is 126 Å². The number of benzene rings is 1. The normalized spacial score (nSPS) is 24.4. The third-order valence-electron chi connectivity index (χ3n) is 3.49. The van der Waals surface area contributed by atoms with Crippen LogP contribution in [-0.4, -0.2) is 29.1 Å². The standard InChI is InChI=1S/C14H17BrClNO2/c1-9-4-11(14(18)19)8-17(6-9)7-10-2-3-12(15)5-13(10)16/h2-3,5,9,11H,4,6-8H2,1H3,(H,18,19). The molecule has 1 aromatic carbocycles. The molecule has 0 aliphatic carbocycles. The predicted molar refractivity (Wildman–Crippen MR) is 79.3 cm³/mol. The lowest BCUT2D eigenvalue weighted by Gasteiger charge is -2.34. The molecule has 0 spiro atoms. The van der Waals surface area contributed by atoms with Gasteiger partial charge < -0.3 is 5.11 Å². The van der Waals surface area contributed by atoms with E-state index in [0.717, 1.165) is 28.0 Å². The maximum atomic E-state index is 11.2. The van der Waals surface area contributed by atoms with Gasteiger partial charge in [0.1, 0.15) is 0 Å². The summed E-state index contributed by atoms with van der Waals surface area (Å²) in [5.41, 5.74) is 1.04. The number of halogens is 2. The van der Waals surface area contributed by atoms with Crippen LogP contribution in [0.5, 0.6) is 0 Å². The minimum Gasteiger partial charge on any atom is -0.481 e. The Morgan fingerprint density at radius 2 is 2.26 bits per heavy atom. The number of piperidine rings is 1. The lowest BCUT2D eigenvalue weighted by atomic mass is 9.90. The summed E-state index contributed by atoms with van der Waals surface area (Å²) in [7, 11) is 0. The second-order valence-corrected chi connectivity index (χ2v) is 6.63. The van der Waals surface area contributed by atoms with Gasteiger partial charge in [0.15, 0.2) is 0 Å². The molecule has 0 radical (unpaired) electrons. The molecule has 1 aliphatic heterocycles. The van der Waals surface area contributed by atoms with Gasteiger partial charge in [-0.15, -0.1) is 0 Å². The maximum Gasteiger partial charge on any atom is 0.307 e. The molecule has 2 rings (SSSR count). The number of hydrogen-bond donors (Lipinski definition) is 1.